The van der Waals surface area contributed by atoms with Gasteiger partial charge in [0, 0.05) is 12.0 Å². The highest BCUT2D eigenvalue weighted by Gasteiger charge is 2.34. The monoisotopic (exact) mass is 340 g/mol. The SMILES string of the molecule is CCOCc1nc2c(N)nc3cccc4c3c2n1[C@H](C(C)(C)O)CC4. The van der Waals surface area contributed by atoms with Crippen LogP contribution in [0.2, 0.25) is 0 Å². The lowest BCUT2D eigenvalue weighted by molar-refractivity contribution is 0.0175. The van der Waals surface area contributed by atoms with Gasteiger partial charge in [-0.1, -0.05) is 12.1 Å². The van der Waals surface area contributed by atoms with Crippen LogP contribution in [0.1, 0.15) is 44.6 Å². The van der Waals surface area contributed by atoms with E-state index in [2.05, 4.69) is 15.6 Å². The molecule has 1 aromatic carbocycles. The summed E-state index contributed by atoms with van der Waals surface area (Å²) in [6.45, 7) is 6.66. The summed E-state index contributed by atoms with van der Waals surface area (Å²) in [5.41, 5.74) is 9.11. The minimum absolute atomic E-state index is 0.106. The van der Waals surface area contributed by atoms with E-state index in [-0.39, 0.29) is 6.04 Å². The van der Waals surface area contributed by atoms with Crippen LogP contribution in [-0.2, 0) is 17.8 Å². The van der Waals surface area contributed by atoms with Crippen molar-refractivity contribution in [3.63, 3.8) is 0 Å². The first-order chi connectivity index (χ1) is 11.9. The first kappa shape index (κ1) is 16.3. The van der Waals surface area contributed by atoms with Crippen molar-refractivity contribution in [2.75, 3.05) is 12.3 Å². The third kappa shape index (κ3) is 2.48. The topological polar surface area (TPSA) is 86.2 Å². The molecule has 0 bridgehead atoms. The van der Waals surface area contributed by atoms with Crippen LogP contribution < -0.4 is 5.73 Å². The Labute approximate surface area is 146 Å². The number of ether oxygens (including phenoxy) is 1. The summed E-state index contributed by atoms with van der Waals surface area (Å²) in [5.74, 6) is 1.22. The van der Waals surface area contributed by atoms with Gasteiger partial charge >= 0.3 is 0 Å². The predicted octanol–water partition coefficient (Wildman–Crippen LogP) is 2.96. The fraction of sp³-hybridized carbons (Fsp3) is 0.474. The molecular weight excluding hydrogens is 316 g/mol. The van der Waals surface area contributed by atoms with E-state index in [0.29, 0.717) is 24.5 Å². The smallest absolute Gasteiger partial charge is 0.152 e. The number of aliphatic hydroxyl groups is 1. The summed E-state index contributed by atoms with van der Waals surface area (Å²) in [7, 11) is 0. The van der Waals surface area contributed by atoms with Gasteiger partial charge in [0.15, 0.2) is 5.82 Å². The number of nitrogens with zero attached hydrogens (tertiary/aromatic N) is 3. The third-order valence-electron chi connectivity index (χ3n) is 5.08. The van der Waals surface area contributed by atoms with E-state index in [1.54, 1.807) is 0 Å². The molecule has 3 heterocycles. The van der Waals surface area contributed by atoms with Gasteiger partial charge in [-0.25, -0.2) is 9.97 Å². The van der Waals surface area contributed by atoms with Crippen LogP contribution in [0.25, 0.3) is 21.9 Å². The molecule has 0 fully saturated rings. The van der Waals surface area contributed by atoms with E-state index in [4.69, 9.17) is 15.5 Å². The number of hydrogen-bond donors (Lipinski definition) is 2. The molecule has 0 spiro atoms. The summed E-state index contributed by atoms with van der Waals surface area (Å²) in [6.07, 6.45) is 1.70. The Morgan fingerprint density at radius 3 is 2.88 bits per heavy atom. The number of nitrogen functional groups attached to an aromatic ring is 1. The fourth-order valence-electron chi connectivity index (χ4n) is 3.96. The van der Waals surface area contributed by atoms with Crippen molar-refractivity contribution in [2.24, 2.45) is 0 Å². The minimum atomic E-state index is -0.888. The summed E-state index contributed by atoms with van der Waals surface area (Å²) in [6, 6.07) is 6.03. The van der Waals surface area contributed by atoms with Gasteiger partial charge < -0.3 is 20.1 Å². The van der Waals surface area contributed by atoms with Crippen LogP contribution in [0.15, 0.2) is 18.2 Å². The van der Waals surface area contributed by atoms with Crippen molar-refractivity contribution in [3.8, 4) is 0 Å². The van der Waals surface area contributed by atoms with Crippen LogP contribution in [0, 0.1) is 0 Å². The molecule has 25 heavy (non-hydrogen) atoms. The van der Waals surface area contributed by atoms with Gasteiger partial charge in [-0.15, -0.1) is 0 Å². The zero-order chi connectivity index (χ0) is 17.8. The van der Waals surface area contributed by atoms with Crippen LogP contribution in [0.3, 0.4) is 0 Å². The van der Waals surface area contributed by atoms with E-state index in [0.717, 1.165) is 35.1 Å². The molecule has 132 valence electrons. The van der Waals surface area contributed by atoms with E-state index < -0.39 is 5.60 Å². The maximum absolute atomic E-state index is 10.9. The standard InChI is InChI=1S/C19H24N4O2/c1-4-25-10-14-22-16-17-15-11(6-5-7-12(15)21-18(16)20)8-9-13(23(14)17)19(2,3)24/h5-7,13,24H,4,8-10H2,1-3H3,(H2,20,21)/t13-/m0/s1. The number of nitrogens with two attached hydrogens (primary N) is 1. The van der Waals surface area contributed by atoms with E-state index in [1.165, 1.54) is 5.56 Å². The average Bonchev–Trinajstić information content (AvgIpc) is 2.82. The Bertz CT molecular complexity index is 956. The van der Waals surface area contributed by atoms with Crippen molar-refractivity contribution in [1.82, 2.24) is 14.5 Å². The Balaban J connectivity index is 2.13. The Morgan fingerprint density at radius 1 is 1.36 bits per heavy atom. The highest BCUT2D eigenvalue weighted by molar-refractivity contribution is 6.08. The van der Waals surface area contributed by atoms with Crippen molar-refractivity contribution in [1.29, 1.82) is 0 Å². The molecule has 1 aliphatic heterocycles. The maximum atomic E-state index is 10.9. The van der Waals surface area contributed by atoms with E-state index in [1.807, 2.05) is 32.9 Å². The second kappa shape index (κ2) is 5.68. The van der Waals surface area contributed by atoms with Gasteiger partial charge in [0.2, 0.25) is 0 Å². The lowest BCUT2D eigenvalue weighted by Crippen LogP contribution is -2.34. The number of hydrogen-bond acceptors (Lipinski definition) is 5. The second-order valence-corrected chi connectivity index (χ2v) is 7.25. The highest BCUT2D eigenvalue weighted by Crippen LogP contribution is 2.40. The number of pyridine rings is 1. The number of anilines is 1. The summed E-state index contributed by atoms with van der Waals surface area (Å²) >= 11 is 0. The predicted molar refractivity (Wildman–Crippen MR) is 98.4 cm³/mol. The van der Waals surface area contributed by atoms with Crippen LogP contribution >= 0.6 is 0 Å². The molecule has 0 aliphatic carbocycles. The normalized spacial score (nSPS) is 17.5. The van der Waals surface area contributed by atoms with Crippen molar-refractivity contribution >= 4 is 27.8 Å². The average molecular weight is 340 g/mol. The van der Waals surface area contributed by atoms with Crippen LogP contribution in [0.5, 0.6) is 0 Å². The molecule has 4 rings (SSSR count). The van der Waals surface area contributed by atoms with Crippen molar-refractivity contribution in [3.05, 3.63) is 29.6 Å². The van der Waals surface area contributed by atoms with Gasteiger partial charge in [0.05, 0.1) is 22.7 Å². The zero-order valence-corrected chi connectivity index (χ0v) is 14.9. The number of rotatable bonds is 4. The number of imidazole rings is 1. The molecule has 0 saturated carbocycles. The lowest BCUT2D eigenvalue weighted by Gasteiger charge is -2.31. The van der Waals surface area contributed by atoms with Gasteiger partial charge in [-0.05, 0) is 45.2 Å². The number of benzene rings is 1. The molecule has 6 nitrogen and oxygen atoms in total. The molecule has 1 atom stereocenters. The first-order valence-electron chi connectivity index (χ1n) is 8.79. The molecule has 2 aromatic heterocycles. The maximum Gasteiger partial charge on any atom is 0.152 e. The largest absolute Gasteiger partial charge is 0.388 e. The minimum Gasteiger partial charge on any atom is -0.388 e. The molecule has 1 aliphatic rings. The van der Waals surface area contributed by atoms with Crippen molar-refractivity contribution in [2.45, 2.75) is 51.9 Å². The Morgan fingerprint density at radius 2 is 2.16 bits per heavy atom. The molecule has 0 unspecified atom stereocenters. The molecule has 3 N–H and O–H groups in total. The van der Waals surface area contributed by atoms with Gasteiger partial charge in [0.1, 0.15) is 17.9 Å². The van der Waals surface area contributed by atoms with Gasteiger partial charge in [0.25, 0.3) is 0 Å². The van der Waals surface area contributed by atoms with E-state index in [9.17, 15) is 5.11 Å². The number of aromatic nitrogens is 3. The van der Waals surface area contributed by atoms with Crippen LogP contribution in [-0.4, -0.2) is 31.8 Å². The molecule has 3 aromatic rings. The summed E-state index contributed by atoms with van der Waals surface area (Å²) in [5, 5.41) is 11.9. The molecule has 0 amide bonds. The summed E-state index contributed by atoms with van der Waals surface area (Å²) < 4.78 is 7.78. The Hall–Kier alpha value is -2.18. The third-order valence-corrected chi connectivity index (χ3v) is 5.08. The van der Waals surface area contributed by atoms with Crippen molar-refractivity contribution < 1.29 is 9.84 Å². The molecule has 6 heteroatoms. The van der Waals surface area contributed by atoms with Gasteiger partial charge in [-0.3, -0.25) is 0 Å². The van der Waals surface area contributed by atoms with E-state index >= 15 is 0 Å². The zero-order valence-electron chi connectivity index (χ0n) is 14.9. The first-order valence-corrected chi connectivity index (χ1v) is 8.79. The fourth-order valence-corrected chi connectivity index (χ4v) is 3.96. The van der Waals surface area contributed by atoms with Gasteiger partial charge in [-0.2, -0.15) is 0 Å². The molecule has 0 saturated heterocycles. The molecular formula is C19H24N4O2. The highest BCUT2D eigenvalue weighted by atomic mass is 16.5. The quantitative estimate of drug-likeness (QED) is 0.762. The number of aryl methyl sites for hydroxylation is 1. The Kier molecular flexibility index (Phi) is 3.70. The summed E-state index contributed by atoms with van der Waals surface area (Å²) in [4.78, 5) is 9.31. The lowest BCUT2D eigenvalue weighted by atomic mass is 9.93. The molecule has 0 radical (unpaired) electrons. The second-order valence-electron chi connectivity index (χ2n) is 7.25. The van der Waals surface area contributed by atoms with Crippen LogP contribution in [0.4, 0.5) is 5.82 Å².